The molecule has 23 heavy (non-hydrogen) atoms. The standard InChI is InChI=1S/C17H23N5O/c1-21(12-14-5-4-8-18-11-14)13-17(23)22-10-3-2-6-16(22)15-7-9-19-20-15/h4-5,7-9,11,16H,2-3,6,10,12-13H2,1H3,(H,19,20)/t16-/m0/s1. The number of carbonyl (C=O) groups excluding carboxylic acids is 1. The predicted molar refractivity (Wildman–Crippen MR) is 87.5 cm³/mol. The van der Waals surface area contributed by atoms with Crippen molar-refractivity contribution in [2.75, 3.05) is 20.1 Å². The SMILES string of the molecule is CN(CC(=O)N1CCCC[C@H]1c1ccn[nH]1)Cc1cccnc1. The van der Waals surface area contributed by atoms with Gasteiger partial charge in [-0.25, -0.2) is 0 Å². The normalized spacial score (nSPS) is 18.3. The second kappa shape index (κ2) is 7.37. The fourth-order valence-corrected chi connectivity index (χ4v) is 3.19. The van der Waals surface area contributed by atoms with Gasteiger partial charge < -0.3 is 4.90 Å². The van der Waals surface area contributed by atoms with Crippen molar-refractivity contribution in [3.63, 3.8) is 0 Å². The first-order valence-electron chi connectivity index (χ1n) is 8.10. The fourth-order valence-electron chi connectivity index (χ4n) is 3.19. The fraction of sp³-hybridized carbons (Fsp3) is 0.471. The number of piperidine rings is 1. The molecule has 1 fully saturated rings. The van der Waals surface area contributed by atoms with Gasteiger partial charge in [-0.05, 0) is 44.0 Å². The van der Waals surface area contributed by atoms with E-state index in [9.17, 15) is 4.79 Å². The van der Waals surface area contributed by atoms with Gasteiger partial charge in [0.15, 0.2) is 0 Å². The molecular weight excluding hydrogens is 290 g/mol. The second-order valence-corrected chi connectivity index (χ2v) is 6.14. The van der Waals surface area contributed by atoms with Crippen molar-refractivity contribution >= 4 is 5.91 Å². The van der Waals surface area contributed by atoms with Crippen LogP contribution in [0.5, 0.6) is 0 Å². The number of pyridine rings is 1. The second-order valence-electron chi connectivity index (χ2n) is 6.14. The van der Waals surface area contributed by atoms with Crippen LogP contribution in [0, 0.1) is 0 Å². The number of carbonyl (C=O) groups is 1. The number of nitrogens with zero attached hydrogens (tertiary/aromatic N) is 4. The van der Waals surface area contributed by atoms with E-state index in [0.717, 1.165) is 43.6 Å². The molecule has 1 amide bonds. The van der Waals surface area contributed by atoms with E-state index in [-0.39, 0.29) is 11.9 Å². The van der Waals surface area contributed by atoms with Crippen molar-refractivity contribution in [2.45, 2.75) is 31.8 Å². The summed E-state index contributed by atoms with van der Waals surface area (Å²) in [5.41, 5.74) is 2.15. The number of likely N-dealkylation sites (N-methyl/N-ethyl adjacent to an activating group) is 1. The van der Waals surface area contributed by atoms with Crippen molar-refractivity contribution in [1.29, 1.82) is 0 Å². The highest BCUT2D eigenvalue weighted by molar-refractivity contribution is 5.78. The Morgan fingerprint density at radius 3 is 3.04 bits per heavy atom. The summed E-state index contributed by atoms with van der Waals surface area (Å²) in [7, 11) is 1.97. The lowest BCUT2D eigenvalue weighted by Crippen LogP contribution is -2.43. The minimum absolute atomic E-state index is 0.130. The number of aromatic nitrogens is 3. The Balaban J connectivity index is 1.61. The average Bonchev–Trinajstić information content (AvgIpc) is 3.10. The van der Waals surface area contributed by atoms with E-state index in [0.29, 0.717) is 6.54 Å². The van der Waals surface area contributed by atoms with Crippen LogP contribution in [0.25, 0.3) is 0 Å². The van der Waals surface area contributed by atoms with Crippen LogP contribution in [0.1, 0.15) is 36.6 Å². The molecule has 0 saturated carbocycles. The Hall–Kier alpha value is -2.21. The maximum atomic E-state index is 12.7. The molecule has 1 N–H and O–H groups in total. The topological polar surface area (TPSA) is 65.1 Å². The Kier molecular flexibility index (Phi) is 5.02. The number of aromatic amines is 1. The Morgan fingerprint density at radius 2 is 2.30 bits per heavy atom. The number of rotatable bonds is 5. The van der Waals surface area contributed by atoms with Crippen molar-refractivity contribution in [3.05, 3.63) is 48.0 Å². The molecule has 0 aliphatic carbocycles. The number of hydrogen-bond acceptors (Lipinski definition) is 4. The molecule has 1 aliphatic heterocycles. The third-order valence-electron chi connectivity index (χ3n) is 4.28. The lowest BCUT2D eigenvalue weighted by atomic mass is 9.99. The quantitative estimate of drug-likeness (QED) is 0.917. The van der Waals surface area contributed by atoms with Crippen LogP contribution in [0.3, 0.4) is 0 Å². The summed E-state index contributed by atoms with van der Waals surface area (Å²) in [6, 6.07) is 6.05. The van der Waals surface area contributed by atoms with Crippen LogP contribution in [-0.4, -0.2) is 51.0 Å². The van der Waals surface area contributed by atoms with Gasteiger partial charge in [-0.3, -0.25) is 19.8 Å². The summed E-state index contributed by atoms with van der Waals surface area (Å²) in [4.78, 5) is 20.9. The first-order valence-corrected chi connectivity index (χ1v) is 8.10. The van der Waals surface area contributed by atoms with Crippen LogP contribution < -0.4 is 0 Å². The van der Waals surface area contributed by atoms with Gasteiger partial charge in [0.2, 0.25) is 5.91 Å². The largest absolute Gasteiger partial charge is 0.333 e. The van der Waals surface area contributed by atoms with Crippen molar-refractivity contribution < 1.29 is 4.79 Å². The zero-order valence-corrected chi connectivity index (χ0v) is 13.5. The lowest BCUT2D eigenvalue weighted by Gasteiger charge is -2.36. The van der Waals surface area contributed by atoms with E-state index in [4.69, 9.17) is 0 Å². The molecular formula is C17H23N5O. The summed E-state index contributed by atoms with van der Waals surface area (Å²) in [6.45, 7) is 1.96. The highest BCUT2D eigenvalue weighted by Gasteiger charge is 2.29. The number of nitrogens with one attached hydrogen (secondary N) is 1. The minimum atomic E-state index is 0.130. The van der Waals surface area contributed by atoms with E-state index < -0.39 is 0 Å². The van der Waals surface area contributed by atoms with E-state index in [2.05, 4.69) is 15.2 Å². The molecule has 1 aliphatic rings. The summed E-state index contributed by atoms with van der Waals surface area (Å²) in [5.74, 6) is 0.177. The lowest BCUT2D eigenvalue weighted by molar-refractivity contribution is -0.136. The van der Waals surface area contributed by atoms with Crippen LogP contribution in [0.15, 0.2) is 36.8 Å². The van der Waals surface area contributed by atoms with Gasteiger partial charge in [0.1, 0.15) is 0 Å². The molecule has 0 radical (unpaired) electrons. The van der Waals surface area contributed by atoms with Gasteiger partial charge in [0, 0.05) is 31.7 Å². The van der Waals surface area contributed by atoms with E-state index in [1.165, 1.54) is 0 Å². The molecule has 122 valence electrons. The summed E-state index contributed by atoms with van der Waals surface area (Å²) in [5, 5.41) is 7.05. The van der Waals surface area contributed by atoms with E-state index in [1.54, 1.807) is 12.4 Å². The molecule has 0 aromatic carbocycles. The number of hydrogen-bond donors (Lipinski definition) is 1. The molecule has 1 saturated heterocycles. The number of H-pyrrole nitrogens is 1. The van der Waals surface area contributed by atoms with Gasteiger partial charge in [-0.2, -0.15) is 5.10 Å². The first kappa shape index (κ1) is 15.7. The molecule has 3 heterocycles. The molecule has 0 bridgehead atoms. The van der Waals surface area contributed by atoms with Crippen LogP contribution in [0.4, 0.5) is 0 Å². The predicted octanol–water partition coefficient (Wildman–Crippen LogP) is 1.99. The molecule has 2 aromatic rings. The van der Waals surface area contributed by atoms with Gasteiger partial charge in [-0.1, -0.05) is 6.07 Å². The van der Waals surface area contributed by atoms with Crippen molar-refractivity contribution in [1.82, 2.24) is 25.0 Å². The van der Waals surface area contributed by atoms with Gasteiger partial charge in [0.25, 0.3) is 0 Å². The highest BCUT2D eigenvalue weighted by Crippen LogP contribution is 2.29. The molecule has 0 spiro atoms. The summed E-state index contributed by atoms with van der Waals surface area (Å²) >= 11 is 0. The summed E-state index contributed by atoms with van der Waals surface area (Å²) < 4.78 is 0. The molecule has 1 atom stereocenters. The first-order chi connectivity index (χ1) is 11.2. The van der Waals surface area contributed by atoms with Crippen molar-refractivity contribution in [2.24, 2.45) is 0 Å². The molecule has 3 rings (SSSR count). The molecule has 6 nitrogen and oxygen atoms in total. The maximum absolute atomic E-state index is 12.7. The zero-order valence-electron chi connectivity index (χ0n) is 13.5. The van der Waals surface area contributed by atoms with Crippen LogP contribution >= 0.6 is 0 Å². The minimum Gasteiger partial charge on any atom is -0.333 e. The Labute approximate surface area is 136 Å². The Bertz CT molecular complexity index is 613. The smallest absolute Gasteiger partial charge is 0.237 e. The average molecular weight is 313 g/mol. The molecule has 6 heteroatoms. The van der Waals surface area contributed by atoms with Crippen LogP contribution in [0.2, 0.25) is 0 Å². The number of likely N-dealkylation sites (tertiary alicyclic amines) is 1. The van der Waals surface area contributed by atoms with Gasteiger partial charge in [-0.15, -0.1) is 0 Å². The number of amides is 1. The van der Waals surface area contributed by atoms with Crippen molar-refractivity contribution in [3.8, 4) is 0 Å². The zero-order chi connectivity index (χ0) is 16.1. The summed E-state index contributed by atoms with van der Waals surface area (Å²) in [6.07, 6.45) is 8.58. The Morgan fingerprint density at radius 1 is 1.39 bits per heavy atom. The van der Waals surface area contributed by atoms with E-state index in [1.807, 2.05) is 41.2 Å². The van der Waals surface area contributed by atoms with Gasteiger partial charge in [0.05, 0.1) is 18.3 Å². The van der Waals surface area contributed by atoms with E-state index >= 15 is 0 Å². The monoisotopic (exact) mass is 313 g/mol. The third kappa shape index (κ3) is 3.96. The highest BCUT2D eigenvalue weighted by atomic mass is 16.2. The third-order valence-corrected chi connectivity index (χ3v) is 4.28. The molecule has 2 aromatic heterocycles. The molecule has 0 unspecified atom stereocenters. The maximum Gasteiger partial charge on any atom is 0.237 e. The van der Waals surface area contributed by atoms with Gasteiger partial charge >= 0.3 is 0 Å². The van der Waals surface area contributed by atoms with Crippen LogP contribution in [-0.2, 0) is 11.3 Å².